The van der Waals surface area contributed by atoms with Gasteiger partial charge >= 0.3 is 6.18 Å². The van der Waals surface area contributed by atoms with E-state index in [1.165, 1.54) is 0 Å². The fourth-order valence-corrected chi connectivity index (χ4v) is 3.11. The first-order chi connectivity index (χ1) is 9.38. The number of alkyl halides is 3. The summed E-state index contributed by atoms with van der Waals surface area (Å²) in [5.41, 5.74) is 0.370. The van der Waals surface area contributed by atoms with Crippen molar-refractivity contribution < 1.29 is 13.2 Å². The van der Waals surface area contributed by atoms with Crippen LogP contribution in [-0.4, -0.2) is 37.3 Å². The number of nitrogens with one attached hydrogen (secondary N) is 1. The first-order valence-electron chi connectivity index (χ1n) is 6.34. The van der Waals surface area contributed by atoms with Gasteiger partial charge in [-0.1, -0.05) is 29.3 Å². The van der Waals surface area contributed by atoms with Crippen molar-refractivity contribution >= 4 is 35.6 Å². The molecule has 1 N–H and O–H groups in total. The van der Waals surface area contributed by atoms with Crippen LogP contribution in [0.25, 0.3) is 0 Å². The summed E-state index contributed by atoms with van der Waals surface area (Å²) in [6.07, 6.45) is -5.21. The van der Waals surface area contributed by atoms with E-state index in [2.05, 4.69) is 5.32 Å². The molecule has 8 heteroatoms. The van der Waals surface area contributed by atoms with E-state index < -0.39 is 18.6 Å². The molecule has 0 spiro atoms. The Hall–Kier alpha value is -0.200. The van der Waals surface area contributed by atoms with Gasteiger partial charge in [0.25, 0.3) is 0 Å². The van der Waals surface area contributed by atoms with Crippen LogP contribution in [0, 0.1) is 0 Å². The molecule has 0 saturated carbocycles. The minimum Gasteiger partial charge on any atom is -0.314 e. The summed E-state index contributed by atoms with van der Waals surface area (Å²) in [7, 11) is 0. The molecule has 1 aromatic rings. The van der Waals surface area contributed by atoms with Gasteiger partial charge in [0.05, 0.1) is 6.42 Å². The molecule has 1 heterocycles. The van der Waals surface area contributed by atoms with E-state index in [4.69, 9.17) is 23.2 Å². The Morgan fingerprint density at radius 3 is 2.14 bits per heavy atom. The SMILES string of the molecule is Cl.FC(F)(F)C[C@@H](c1c(Cl)cccc1Cl)N1CCNCC1. The number of piperazine rings is 1. The third-order valence-electron chi connectivity index (χ3n) is 3.35. The van der Waals surface area contributed by atoms with Crippen molar-refractivity contribution in [1.29, 1.82) is 0 Å². The minimum absolute atomic E-state index is 0. The average molecular weight is 364 g/mol. The summed E-state index contributed by atoms with van der Waals surface area (Å²) >= 11 is 12.2. The summed E-state index contributed by atoms with van der Waals surface area (Å²) < 4.78 is 38.6. The highest BCUT2D eigenvalue weighted by Gasteiger charge is 2.37. The van der Waals surface area contributed by atoms with E-state index in [1.807, 2.05) is 0 Å². The van der Waals surface area contributed by atoms with Gasteiger partial charge in [-0.15, -0.1) is 12.4 Å². The molecule has 0 radical (unpaired) electrons. The van der Waals surface area contributed by atoms with Crippen molar-refractivity contribution in [2.75, 3.05) is 26.2 Å². The van der Waals surface area contributed by atoms with Gasteiger partial charge in [-0.25, -0.2) is 0 Å². The first-order valence-corrected chi connectivity index (χ1v) is 7.09. The molecule has 1 aromatic carbocycles. The molecule has 0 aliphatic carbocycles. The number of benzene rings is 1. The van der Waals surface area contributed by atoms with E-state index in [9.17, 15) is 13.2 Å². The van der Waals surface area contributed by atoms with Crippen molar-refractivity contribution in [2.45, 2.75) is 18.6 Å². The fraction of sp³-hybridized carbons (Fsp3) is 0.538. The van der Waals surface area contributed by atoms with Gasteiger partial charge in [0.15, 0.2) is 0 Å². The molecule has 2 nitrogen and oxygen atoms in total. The first kappa shape index (κ1) is 18.8. The van der Waals surface area contributed by atoms with Gasteiger partial charge in [-0.2, -0.15) is 13.2 Å². The highest BCUT2D eigenvalue weighted by molar-refractivity contribution is 6.36. The van der Waals surface area contributed by atoms with Crippen molar-refractivity contribution in [3.8, 4) is 0 Å². The Morgan fingerprint density at radius 1 is 1.14 bits per heavy atom. The lowest BCUT2D eigenvalue weighted by molar-refractivity contribution is -0.148. The largest absolute Gasteiger partial charge is 0.390 e. The molecule has 1 atom stereocenters. The van der Waals surface area contributed by atoms with Gasteiger partial charge in [-0.05, 0) is 12.1 Å². The maximum Gasteiger partial charge on any atom is 0.390 e. The molecular weight excluding hydrogens is 348 g/mol. The third kappa shape index (κ3) is 5.18. The molecule has 1 fully saturated rings. The Kier molecular flexibility index (Phi) is 7.07. The van der Waals surface area contributed by atoms with Crippen LogP contribution in [0.2, 0.25) is 10.0 Å². The van der Waals surface area contributed by atoms with Crippen LogP contribution < -0.4 is 5.32 Å². The van der Waals surface area contributed by atoms with Crippen LogP contribution in [0.1, 0.15) is 18.0 Å². The lowest BCUT2D eigenvalue weighted by atomic mass is 10.0. The van der Waals surface area contributed by atoms with Gasteiger partial charge < -0.3 is 5.32 Å². The van der Waals surface area contributed by atoms with E-state index in [-0.39, 0.29) is 22.5 Å². The van der Waals surface area contributed by atoms with E-state index in [0.717, 1.165) is 0 Å². The highest BCUT2D eigenvalue weighted by atomic mass is 35.5. The average Bonchev–Trinajstić information content (AvgIpc) is 2.37. The van der Waals surface area contributed by atoms with Gasteiger partial charge in [0, 0.05) is 47.8 Å². The van der Waals surface area contributed by atoms with Crippen LogP contribution in [0.3, 0.4) is 0 Å². The second-order valence-electron chi connectivity index (χ2n) is 4.76. The summed E-state index contributed by atoms with van der Waals surface area (Å²) in [5, 5.41) is 3.69. The summed E-state index contributed by atoms with van der Waals surface area (Å²) in [4.78, 5) is 1.79. The van der Waals surface area contributed by atoms with E-state index in [1.54, 1.807) is 23.1 Å². The lowest BCUT2D eigenvalue weighted by Crippen LogP contribution is -2.46. The predicted octanol–water partition coefficient (Wildman–Crippen LogP) is 4.31. The zero-order valence-electron chi connectivity index (χ0n) is 11.1. The smallest absolute Gasteiger partial charge is 0.314 e. The quantitative estimate of drug-likeness (QED) is 0.860. The Labute approximate surface area is 138 Å². The van der Waals surface area contributed by atoms with Crippen molar-refractivity contribution in [3.05, 3.63) is 33.8 Å². The van der Waals surface area contributed by atoms with Gasteiger partial charge in [0.1, 0.15) is 0 Å². The van der Waals surface area contributed by atoms with E-state index in [0.29, 0.717) is 31.7 Å². The third-order valence-corrected chi connectivity index (χ3v) is 4.01. The standard InChI is InChI=1S/C13H15Cl2F3N2.ClH/c14-9-2-1-3-10(15)12(9)11(8-13(16,17)18)20-6-4-19-5-7-20;/h1-3,11,19H,4-8H2;1H/t11-;/m0./s1. The second-order valence-corrected chi connectivity index (χ2v) is 5.57. The molecule has 21 heavy (non-hydrogen) atoms. The number of hydrogen-bond donors (Lipinski definition) is 1. The van der Waals surface area contributed by atoms with Crippen LogP contribution in [-0.2, 0) is 0 Å². The maximum absolute atomic E-state index is 12.9. The van der Waals surface area contributed by atoms with Gasteiger partial charge in [-0.3, -0.25) is 4.90 Å². The highest BCUT2D eigenvalue weighted by Crippen LogP contribution is 2.40. The number of hydrogen-bond acceptors (Lipinski definition) is 2. The van der Waals surface area contributed by atoms with Crippen molar-refractivity contribution in [1.82, 2.24) is 10.2 Å². The summed E-state index contributed by atoms with van der Waals surface area (Å²) in [6, 6.07) is 3.96. The topological polar surface area (TPSA) is 15.3 Å². The Balaban J connectivity index is 0.00000220. The number of nitrogens with zero attached hydrogens (tertiary/aromatic N) is 1. The maximum atomic E-state index is 12.9. The molecule has 1 aliphatic heterocycles. The van der Waals surface area contributed by atoms with E-state index >= 15 is 0 Å². The monoisotopic (exact) mass is 362 g/mol. The fourth-order valence-electron chi connectivity index (χ4n) is 2.46. The summed E-state index contributed by atoms with van der Waals surface area (Å²) in [5.74, 6) is 0. The van der Waals surface area contributed by atoms with Crippen molar-refractivity contribution in [2.24, 2.45) is 0 Å². The van der Waals surface area contributed by atoms with Crippen LogP contribution in [0.5, 0.6) is 0 Å². The molecule has 120 valence electrons. The zero-order valence-corrected chi connectivity index (χ0v) is 13.4. The molecule has 2 rings (SSSR count). The summed E-state index contributed by atoms with van der Waals surface area (Å²) in [6.45, 7) is 2.41. The van der Waals surface area contributed by atoms with Crippen LogP contribution >= 0.6 is 35.6 Å². The number of halogens is 6. The Bertz CT molecular complexity index is 442. The molecule has 0 unspecified atom stereocenters. The van der Waals surface area contributed by atoms with Gasteiger partial charge in [0.2, 0.25) is 0 Å². The predicted molar refractivity (Wildman–Crippen MR) is 81.6 cm³/mol. The molecule has 1 saturated heterocycles. The molecule has 0 bridgehead atoms. The molecule has 1 aliphatic rings. The number of rotatable bonds is 3. The zero-order chi connectivity index (χ0) is 14.8. The lowest BCUT2D eigenvalue weighted by Gasteiger charge is -2.36. The molecular formula is C13H16Cl3F3N2. The normalized spacial score (nSPS) is 18.1. The minimum atomic E-state index is -4.27. The molecule has 0 amide bonds. The van der Waals surface area contributed by atoms with Crippen molar-refractivity contribution in [3.63, 3.8) is 0 Å². The van der Waals surface area contributed by atoms with Crippen LogP contribution in [0.15, 0.2) is 18.2 Å². The Morgan fingerprint density at radius 2 is 1.67 bits per heavy atom. The second kappa shape index (κ2) is 7.88. The molecule has 0 aromatic heterocycles. The van der Waals surface area contributed by atoms with Crippen LogP contribution in [0.4, 0.5) is 13.2 Å².